The van der Waals surface area contributed by atoms with E-state index in [4.69, 9.17) is 16.3 Å². The summed E-state index contributed by atoms with van der Waals surface area (Å²) in [6, 6.07) is 7.47. The van der Waals surface area contributed by atoms with Crippen molar-refractivity contribution in [1.29, 1.82) is 0 Å². The quantitative estimate of drug-likeness (QED) is 0.819. The van der Waals surface area contributed by atoms with Crippen LogP contribution in [0.2, 0.25) is 5.02 Å². The van der Waals surface area contributed by atoms with Gasteiger partial charge in [-0.1, -0.05) is 11.6 Å². The fourth-order valence-electron chi connectivity index (χ4n) is 1.43. The zero-order chi connectivity index (χ0) is 11.4. The molecule has 0 amide bonds. The summed E-state index contributed by atoms with van der Waals surface area (Å²) in [6.45, 7) is 0.486. The van der Waals surface area contributed by atoms with Gasteiger partial charge in [0.2, 0.25) is 0 Å². The smallest absolute Gasteiger partial charge is 0.159 e. The predicted octanol–water partition coefficient (Wildman–Crippen LogP) is 2.94. The topological polar surface area (TPSA) is 35.0 Å². The van der Waals surface area contributed by atoms with Gasteiger partial charge in [0, 0.05) is 30.1 Å². The van der Waals surface area contributed by atoms with Crippen LogP contribution in [0.1, 0.15) is 5.56 Å². The molecule has 16 heavy (non-hydrogen) atoms. The summed E-state index contributed by atoms with van der Waals surface area (Å²) in [7, 11) is 1.64. The van der Waals surface area contributed by atoms with Gasteiger partial charge in [0.25, 0.3) is 0 Å². The zero-order valence-electron chi connectivity index (χ0n) is 8.85. The lowest BCUT2D eigenvalue weighted by Crippen LogP contribution is -1.92. The molecule has 1 aromatic heterocycles. The van der Waals surface area contributed by atoms with E-state index < -0.39 is 0 Å². The number of rotatable bonds is 3. The van der Waals surface area contributed by atoms with Gasteiger partial charge in [0.05, 0.1) is 6.61 Å². The number of hydrogen-bond acceptors (Lipinski definition) is 3. The molecule has 0 spiro atoms. The lowest BCUT2D eigenvalue weighted by molar-refractivity contribution is 0.185. The second kappa shape index (κ2) is 5.05. The van der Waals surface area contributed by atoms with Crippen molar-refractivity contribution in [3.63, 3.8) is 0 Å². The fourth-order valence-corrected chi connectivity index (χ4v) is 1.60. The van der Waals surface area contributed by atoms with E-state index in [1.54, 1.807) is 25.6 Å². The fraction of sp³-hybridized carbons (Fsp3) is 0.167. The minimum Gasteiger partial charge on any atom is -0.380 e. The van der Waals surface area contributed by atoms with Crippen LogP contribution in [0.5, 0.6) is 0 Å². The molecule has 1 aromatic carbocycles. The van der Waals surface area contributed by atoms with Crippen molar-refractivity contribution in [2.45, 2.75) is 6.61 Å². The summed E-state index contributed by atoms with van der Waals surface area (Å²) in [5.74, 6) is 0.691. The maximum atomic E-state index is 6.04. The zero-order valence-corrected chi connectivity index (χ0v) is 9.61. The van der Waals surface area contributed by atoms with Crippen LogP contribution >= 0.6 is 11.6 Å². The van der Waals surface area contributed by atoms with Crippen LogP contribution in [-0.4, -0.2) is 17.1 Å². The summed E-state index contributed by atoms with van der Waals surface area (Å²) in [6.07, 6.45) is 3.43. The van der Waals surface area contributed by atoms with Gasteiger partial charge in [0.1, 0.15) is 0 Å². The van der Waals surface area contributed by atoms with E-state index >= 15 is 0 Å². The number of benzene rings is 1. The third-order valence-corrected chi connectivity index (χ3v) is 2.54. The highest BCUT2D eigenvalue weighted by Crippen LogP contribution is 2.23. The van der Waals surface area contributed by atoms with Crippen molar-refractivity contribution in [3.8, 4) is 11.4 Å². The largest absolute Gasteiger partial charge is 0.380 e. The van der Waals surface area contributed by atoms with E-state index in [1.807, 2.05) is 18.2 Å². The molecular formula is C12H11ClN2O. The van der Waals surface area contributed by atoms with Crippen molar-refractivity contribution >= 4 is 11.6 Å². The molecule has 4 heteroatoms. The van der Waals surface area contributed by atoms with E-state index in [1.165, 1.54) is 0 Å². The van der Waals surface area contributed by atoms with E-state index in [2.05, 4.69) is 9.97 Å². The second-order valence-corrected chi connectivity index (χ2v) is 3.72. The van der Waals surface area contributed by atoms with Crippen molar-refractivity contribution in [2.75, 3.05) is 7.11 Å². The number of halogens is 1. The maximum Gasteiger partial charge on any atom is 0.159 e. The van der Waals surface area contributed by atoms with Gasteiger partial charge in [-0.2, -0.15) is 0 Å². The standard InChI is InChI=1S/C12H11ClN2O/c1-16-8-10-7-9(3-4-11(10)13)12-14-5-2-6-15-12/h2-7H,8H2,1H3. The highest BCUT2D eigenvalue weighted by atomic mass is 35.5. The second-order valence-electron chi connectivity index (χ2n) is 3.31. The lowest BCUT2D eigenvalue weighted by atomic mass is 10.1. The number of aromatic nitrogens is 2. The molecule has 1 heterocycles. The molecule has 0 saturated heterocycles. The summed E-state index contributed by atoms with van der Waals surface area (Å²) in [5.41, 5.74) is 1.88. The van der Waals surface area contributed by atoms with Crippen LogP contribution in [0.3, 0.4) is 0 Å². The predicted molar refractivity (Wildman–Crippen MR) is 63.2 cm³/mol. The van der Waals surface area contributed by atoms with Gasteiger partial charge < -0.3 is 4.74 Å². The van der Waals surface area contributed by atoms with Crippen LogP contribution in [0.15, 0.2) is 36.7 Å². The van der Waals surface area contributed by atoms with Crippen LogP contribution in [0, 0.1) is 0 Å². The Hall–Kier alpha value is -1.45. The van der Waals surface area contributed by atoms with Crippen LogP contribution in [0.4, 0.5) is 0 Å². The molecule has 0 aliphatic rings. The minimum atomic E-state index is 0.486. The first-order valence-corrected chi connectivity index (χ1v) is 5.24. The molecule has 0 atom stereocenters. The average Bonchev–Trinajstić information content (AvgIpc) is 2.33. The first-order chi connectivity index (χ1) is 7.81. The van der Waals surface area contributed by atoms with Gasteiger partial charge in [0.15, 0.2) is 5.82 Å². The normalized spacial score (nSPS) is 10.4. The summed E-state index contributed by atoms with van der Waals surface area (Å²) in [4.78, 5) is 8.37. The average molecular weight is 235 g/mol. The SMILES string of the molecule is COCc1cc(-c2ncccn2)ccc1Cl. The first-order valence-electron chi connectivity index (χ1n) is 4.86. The lowest BCUT2D eigenvalue weighted by Gasteiger charge is -2.05. The number of ether oxygens (including phenoxy) is 1. The highest BCUT2D eigenvalue weighted by molar-refractivity contribution is 6.31. The molecule has 0 fully saturated rings. The Labute approximate surface area is 99.1 Å². The Morgan fingerprint density at radius 1 is 1.25 bits per heavy atom. The summed E-state index contributed by atoms with van der Waals surface area (Å²) < 4.78 is 5.07. The Bertz CT molecular complexity index is 474. The molecule has 0 aliphatic carbocycles. The summed E-state index contributed by atoms with van der Waals surface area (Å²) >= 11 is 6.04. The molecule has 0 unspecified atom stereocenters. The monoisotopic (exact) mass is 234 g/mol. The third kappa shape index (κ3) is 2.38. The molecule has 3 nitrogen and oxygen atoms in total. The van der Waals surface area contributed by atoms with Gasteiger partial charge in [-0.15, -0.1) is 0 Å². The van der Waals surface area contributed by atoms with Crippen molar-refractivity contribution < 1.29 is 4.74 Å². The molecular weight excluding hydrogens is 224 g/mol. The van der Waals surface area contributed by atoms with E-state index in [-0.39, 0.29) is 0 Å². The van der Waals surface area contributed by atoms with Crippen molar-refractivity contribution in [2.24, 2.45) is 0 Å². The van der Waals surface area contributed by atoms with E-state index in [9.17, 15) is 0 Å². The molecule has 0 radical (unpaired) electrons. The molecule has 0 saturated carbocycles. The molecule has 0 bridgehead atoms. The molecule has 0 aliphatic heterocycles. The van der Waals surface area contributed by atoms with Crippen molar-refractivity contribution in [1.82, 2.24) is 9.97 Å². The van der Waals surface area contributed by atoms with Gasteiger partial charge in [-0.3, -0.25) is 0 Å². The van der Waals surface area contributed by atoms with Gasteiger partial charge in [-0.05, 0) is 29.8 Å². The number of nitrogens with zero attached hydrogens (tertiary/aromatic N) is 2. The molecule has 2 rings (SSSR count). The Morgan fingerprint density at radius 2 is 2.00 bits per heavy atom. The Morgan fingerprint density at radius 3 is 2.69 bits per heavy atom. The van der Waals surface area contributed by atoms with Gasteiger partial charge >= 0.3 is 0 Å². The van der Waals surface area contributed by atoms with Gasteiger partial charge in [-0.25, -0.2) is 9.97 Å². The van der Waals surface area contributed by atoms with Crippen LogP contribution in [-0.2, 0) is 11.3 Å². The van der Waals surface area contributed by atoms with E-state index in [0.29, 0.717) is 17.5 Å². The van der Waals surface area contributed by atoms with Crippen molar-refractivity contribution in [3.05, 3.63) is 47.2 Å². The molecule has 2 aromatic rings. The van der Waals surface area contributed by atoms with Crippen LogP contribution < -0.4 is 0 Å². The molecule has 82 valence electrons. The summed E-state index contributed by atoms with van der Waals surface area (Å²) in [5, 5.41) is 0.696. The Balaban J connectivity index is 2.40. The number of methoxy groups -OCH3 is 1. The third-order valence-electron chi connectivity index (χ3n) is 2.17. The van der Waals surface area contributed by atoms with Crippen LogP contribution in [0.25, 0.3) is 11.4 Å². The Kier molecular flexibility index (Phi) is 3.49. The van der Waals surface area contributed by atoms with E-state index in [0.717, 1.165) is 11.1 Å². The molecule has 0 N–H and O–H groups in total. The number of hydrogen-bond donors (Lipinski definition) is 0. The highest BCUT2D eigenvalue weighted by Gasteiger charge is 2.05. The maximum absolute atomic E-state index is 6.04. The minimum absolute atomic E-state index is 0.486. The first kappa shape index (κ1) is 11.0.